The van der Waals surface area contributed by atoms with Crippen molar-refractivity contribution in [2.75, 3.05) is 0 Å². The first-order valence-electron chi connectivity index (χ1n) is 3.92. The number of hydrogen-bond donors (Lipinski definition) is 1. The first-order chi connectivity index (χ1) is 6.41. The molecule has 0 saturated carbocycles. The molecular formula is C9H9F3OS. The molecule has 14 heavy (non-hydrogen) atoms. The molecule has 1 aromatic rings. The molecule has 0 spiro atoms. The van der Waals surface area contributed by atoms with E-state index < -0.39 is 12.3 Å². The van der Waals surface area contributed by atoms with E-state index in [9.17, 15) is 13.2 Å². The number of thiol groups is 1. The lowest BCUT2D eigenvalue weighted by molar-refractivity contribution is -0.189. The van der Waals surface area contributed by atoms with Crippen LogP contribution >= 0.6 is 12.6 Å². The molecule has 5 heteroatoms. The zero-order valence-corrected chi connectivity index (χ0v) is 8.27. The molecule has 0 aliphatic rings. The van der Waals surface area contributed by atoms with Crippen LogP contribution in [0.2, 0.25) is 0 Å². The Labute approximate surface area is 85.3 Å². The van der Waals surface area contributed by atoms with E-state index >= 15 is 0 Å². The van der Waals surface area contributed by atoms with E-state index in [1.165, 1.54) is 6.07 Å². The van der Waals surface area contributed by atoms with E-state index in [-0.39, 0.29) is 5.75 Å². The molecule has 0 heterocycles. The van der Waals surface area contributed by atoms with Crippen molar-refractivity contribution in [2.45, 2.75) is 24.1 Å². The summed E-state index contributed by atoms with van der Waals surface area (Å²) in [4.78, 5) is 0.392. The number of ether oxygens (including phenoxy) is 1. The third kappa shape index (κ3) is 2.83. The van der Waals surface area contributed by atoms with Crippen molar-refractivity contribution in [2.24, 2.45) is 0 Å². The minimum absolute atomic E-state index is 0.139. The second kappa shape index (κ2) is 4.13. The van der Waals surface area contributed by atoms with Gasteiger partial charge in [-0.25, -0.2) is 0 Å². The molecule has 0 aromatic heterocycles. The van der Waals surface area contributed by atoms with Crippen LogP contribution < -0.4 is 4.74 Å². The number of rotatable bonds is 2. The zero-order chi connectivity index (χ0) is 10.8. The van der Waals surface area contributed by atoms with Crippen molar-refractivity contribution < 1.29 is 17.9 Å². The maximum Gasteiger partial charge on any atom is 0.425 e. The summed E-state index contributed by atoms with van der Waals surface area (Å²) < 4.78 is 41.1. The normalized spacial score (nSPS) is 13.8. The minimum Gasteiger partial charge on any atom is -0.480 e. The van der Waals surface area contributed by atoms with Crippen molar-refractivity contribution in [1.82, 2.24) is 0 Å². The van der Waals surface area contributed by atoms with E-state index in [1.807, 2.05) is 0 Å². The molecule has 0 saturated heterocycles. The van der Waals surface area contributed by atoms with Crippen molar-refractivity contribution in [1.29, 1.82) is 0 Å². The molecular weight excluding hydrogens is 213 g/mol. The number of benzene rings is 1. The summed E-state index contributed by atoms with van der Waals surface area (Å²) >= 11 is 3.98. The molecule has 1 aromatic carbocycles. The van der Waals surface area contributed by atoms with E-state index in [4.69, 9.17) is 4.74 Å². The van der Waals surface area contributed by atoms with Crippen LogP contribution in [0.15, 0.2) is 29.2 Å². The summed E-state index contributed by atoms with van der Waals surface area (Å²) in [6.45, 7) is 0.959. The lowest BCUT2D eigenvalue weighted by Gasteiger charge is -2.18. The fraction of sp³-hybridized carbons (Fsp3) is 0.333. The molecule has 78 valence electrons. The molecule has 1 nitrogen and oxygen atoms in total. The standard InChI is InChI=1S/C9H9F3OS/c1-6(9(10,11)12)13-7-4-2-3-5-8(7)14/h2-6,14H,1H3/t6-/m0/s1. The lowest BCUT2D eigenvalue weighted by atomic mass is 10.3. The largest absolute Gasteiger partial charge is 0.480 e. The van der Waals surface area contributed by atoms with E-state index in [0.29, 0.717) is 4.90 Å². The van der Waals surface area contributed by atoms with Crippen molar-refractivity contribution in [3.63, 3.8) is 0 Å². The summed E-state index contributed by atoms with van der Waals surface area (Å²) in [5.74, 6) is 0.139. The van der Waals surface area contributed by atoms with Crippen LogP contribution in [0.1, 0.15) is 6.92 Å². The number of para-hydroxylation sites is 1. The first kappa shape index (κ1) is 11.2. The third-order valence-corrected chi connectivity index (χ3v) is 2.00. The van der Waals surface area contributed by atoms with Crippen LogP contribution in [0.3, 0.4) is 0 Å². The van der Waals surface area contributed by atoms with Gasteiger partial charge in [0.15, 0.2) is 6.10 Å². The molecule has 0 bridgehead atoms. The van der Waals surface area contributed by atoms with Crippen LogP contribution in [0.5, 0.6) is 5.75 Å². The van der Waals surface area contributed by atoms with Gasteiger partial charge in [0, 0.05) is 4.90 Å². The van der Waals surface area contributed by atoms with Gasteiger partial charge >= 0.3 is 6.18 Å². The molecule has 1 atom stereocenters. The number of halogens is 3. The Bertz CT molecular complexity index is 311. The summed E-state index contributed by atoms with van der Waals surface area (Å²) in [6, 6.07) is 6.29. The zero-order valence-electron chi connectivity index (χ0n) is 7.38. The van der Waals surface area contributed by atoms with Gasteiger partial charge in [-0.3, -0.25) is 0 Å². The van der Waals surface area contributed by atoms with Crippen LogP contribution in [-0.2, 0) is 0 Å². The van der Waals surface area contributed by atoms with E-state index in [1.54, 1.807) is 18.2 Å². The highest BCUT2D eigenvalue weighted by atomic mass is 32.1. The molecule has 1 rings (SSSR count). The monoisotopic (exact) mass is 222 g/mol. The fourth-order valence-corrected chi connectivity index (χ4v) is 1.03. The predicted octanol–water partition coefficient (Wildman–Crippen LogP) is 3.30. The van der Waals surface area contributed by atoms with Gasteiger partial charge in [-0.05, 0) is 19.1 Å². The Morgan fingerprint density at radius 3 is 2.36 bits per heavy atom. The topological polar surface area (TPSA) is 9.23 Å². The molecule has 0 radical (unpaired) electrons. The highest BCUT2D eigenvalue weighted by Gasteiger charge is 2.38. The second-order valence-electron chi connectivity index (χ2n) is 2.77. The van der Waals surface area contributed by atoms with Gasteiger partial charge < -0.3 is 4.74 Å². The lowest BCUT2D eigenvalue weighted by Crippen LogP contribution is -2.31. The molecule has 0 aliphatic carbocycles. The Morgan fingerprint density at radius 2 is 1.86 bits per heavy atom. The van der Waals surface area contributed by atoms with Crippen molar-refractivity contribution >= 4 is 12.6 Å². The van der Waals surface area contributed by atoms with Crippen LogP contribution in [-0.4, -0.2) is 12.3 Å². The highest BCUT2D eigenvalue weighted by molar-refractivity contribution is 7.80. The fourth-order valence-electron chi connectivity index (χ4n) is 0.814. The Balaban J connectivity index is 2.75. The van der Waals surface area contributed by atoms with Crippen molar-refractivity contribution in [3.05, 3.63) is 24.3 Å². The summed E-state index contributed by atoms with van der Waals surface area (Å²) in [7, 11) is 0. The van der Waals surface area contributed by atoms with Crippen LogP contribution in [0.4, 0.5) is 13.2 Å². The molecule has 0 amide bonds. The summed E-state index contributed by atoms with van der Waals surface area (Å²) in [5, 5.41) is 0. The summed E-state index contributed by atoms with van der Waals surface area (Å²) in [6.07, 6.45) is -6.17. The van der Waals surface area contributed by atoms with Gasteiger partial charge in [0.2, 0.25) is 0 Å². The van der Waals surface area contributed by atoms with Gasteiger partial charge in [0.1, 0.15) is 5.75 Å². The Morgan fingerprint density at radius 1 is 1.29 bits per heavy atom. The Kier molecular flexibility index (Phi) is 3.31. The summed E-state index contributed by atoms with van der Waals surface area (Å²) in [5.41, 5.74) is 0. The van der Waals surface area contributed by atoms with Crippen LogP contribution in [0, 0.1) is 0 Å². The Hall–Kier alpha value is -0.840. The third-order valence-electron chi connectivity index (χ3n) is 1.63. The van der Waals surface area contributed by atoms with E-state index in [0.717, 1.165) is 6.92 Å². The SMILES string of the molecule is C[C@H](Oc1ccccc1S)C(F)(F)F. The first-order valence-corrected chi connectivity index (χ1v) is 4.37. The molecule has 0 N–H and O–H groups in total. The second-order valence-corrected chi connectivity index (χ2v) is 3.25. The molecule has 0 fully saturated rings. The van der Waals surface area contributed by atoms with Gasteiger partial charge in [-0.2, -0.15) is 13.2 Å². The quantitative estimate of drug-likeness (QED) is 0.755. The average molecular weight is 222 g/mol. The maximum atomic E-state index is 12.1. The van der Waals surface area contributed by atoms with Gasteiger partial charge in [-0.1, -0.05) is 12.1 Å². The molecule has 0 aliphatic heterocycles. The predicted molar refractivity (Wildman–Crippen MR) is 49.8 cm³/mol. The highest BCUT2D eigenvalue weighted by Crippen LogP contribution is 2.28. The van der Waals surface area contributed by atoms with Gasteiger partial charge in [0.25, 0.3) is 0 Å². The van der Waals surface area contributed by atoms with Gasteiger partial charge in [-0.15, -0.1) is 12.6 Å². The van der Waals surface area contributed by atoms with E-state index in [2.05, 4.69) is 12.6 Å². The average Bonchev–Trinajstić information content (AvgIpc) is 2.07. The number of alkyl halides is 3. The van der Waals surface area contributed by atoms with Crippen molar-refractivity contribution in [3.8, 4) is 5.75 Å². The van der Waals surface area contributed by atoms with Gasteiger partial charge in [0.05, 0.1) is 0 Å². The smallest absolute Gasteiger partial charge is 0.425 e. The van der Waals surface area contributed by atoms with Crippen LogP contribution in [0.25, 0.3) is 0 Å². The molecule has 0 unspecified atom stereocenters. The number of hydrogen-bond acceptors (Lipinski definition) is 2. The minimum atomic E-state index is -4.35. The maximum absolute atomic E-state index is 12.1.